The van der Waals surface area contributed by atoms with E-state index in [2.05, 4.69) is 15.3 Å². The summed E-state index contributed by atoms with van der Waals surface area (Å²) in [6.45, 7) is 0. The summed E-state index contributed by atoms with van der Waals surface area (Å²) in [5, 5.41) is 12.2. The van der Waals surface area contributed by atoms with Crippen molar-refractivity contribution in [3.8, 4) is 17.2 Å². The van der Waals surface area contributed by atoms with Crippen LogP contribution in [0.15, 0.2) is 71.4 Å². The van der Waals surface area contributed by atoms with Gasteiger partial charge in [-0.05, 0) is 54.4 Å². The Morgan fingerprint density at radius 1 is 1.11 bits per heavy atom. The maximum Gasteiger partial charge on any atom is 0.228 e. The molecule has 27 heavy (non-hydrogen) atoms. The Bertz CT molecular complexity index is 1070. The summed E-state index contributed by atoms with van der Waals surface area (Å²) in [6.07, 6.45) is 4.33. The number of amides is 1. The number of carbonyl (C=O) groups is 1. The van der Waals surface area contributed by atoms with Crippen molar-refractivity contribution in [2.24, 2.45) is 0 Å². The van der Waals surface area contributed by atoms with Crippen molar-refractivity contribution in [3.63, 3.8) is 0 Å². The van der Waals surface area contributed by atoms with Crippen LogP contribution in [-0.4, -0.2) is 21.0 Å². The number of nitrogens with one attached hydrogen (secondary N) is 1. The number of benzene rings is 2. The molecule has 2 aromatic heterocycles. The summed E-state index contributed by atoms with van der Waals surface area (Å²) in [7, 11) is 0. The summed E-state index contributed by atoms with van der Waals surface area (Å²) in [5.74, 6) is 0.627. The van der Waals surface area contributed by atoms with Gasteiger partial charge in [-0.15, -0.1) is 0 Å². The van der Waals surface area contributed by atoms with E-state index in [1.807, 2.05) is 24.3 Å². The van der Waals surface area contributed by atoms with E-state index in [4.69, 9.17) is 4.42 Å². The van der Waals surface area contributed by atoms with Gasteiger partial charge in [0.1, 0.15) is 11.3 Å². The van der Waals surface area contributed by atoms with Gasteiger partial charge < -0.3 is 14.8 Å². The van der Waals surface area contributed by atoms with Gasteiger partial charge in [-0.2, -0.15) is 0 Å². The second-order valence-electron chi connectivity index (χ2n) is 6.16. The van der Waals surface area contributed by atoms with Crippen LogP contribution in [0.2, 0.25) is 0 Å². The summed E-state index contributed by atoms with van der Waals surface area (Å²) in [4.78, 5) is 20.7. The van der Waals surface area contributed by atoms with E-state index in [0.29, 0.717) is 35.5 Å². The molecule has 2 N–H and O–H groups in total. The molecule has 4 rings (SSSR count). The molecule has 2 heterocycles. The molecule has 134 valence electrons. The Hall–Kier alpha value is -3.67. The van der Waals surface area contributed by atoms with Gasteiger partial charge >= 0.3 is 0 Å². The average Bonchev–Trinajstić information content (AvgIpc) is 3.12. The molecule has 0 saturated heterocycles. The minimum absolute atomic E-state index is 0.0848. The summed E-state index contributed by atoms with van der Waals surface area (Å²) in [5.41, 5.74) is 3.79. The molecule has 1 amide bonds. The van der Waals surface area contributed by atoms with Crippen molar-refractivity contribution in [3.05, 3.63) is 72.6 Å². The normalized spacial score (nSPS) is 10.8. The van der Waals surface area contributed by atoms with Crippen LogP contribution >= 0.6 is 0 Å². The van der Waals surface area contributed by atoms with Crippen LogP contribution in [-0.2, 0) is 11.2 Å². The topological polar surface area (TPSA) is 88.2 Å². The molecule has 0 fully saturated rings. The highest BCUT2D eigenvalue weighted by Crippen LogP contribution is 2.25. The van der Waals surface area contributed by atoms with Crippen molar-refractivity contribution >= 4 is 22.7 Å². The second-order valence-corrected chi connectivity index (χ2v) is 6.16. The number of pyridine rings is 1. The second kappa shape index (κ2) is 7.29. The minimum atomic E-state index is -0.0848. The standard InChI is InChI=1S/C21H17N3O3/c25-17-7-3-14(4-8-17)5-10-20(26)23-16-6-9-19-18(12-16)24-21(27-19)15-2-1-11-22-13-15/h1-4,6-9,11-13,25H,5,10H2,(H,23,26). The first kappa shape index (κ1) is 16.8. The summed E-state index contributed by atoms with van der Waals surface area (Å²) >= 11 is 0. The number of rotatable bonds is 5. The molecule has 0 radical (unpaired) electrons. The third-order valence-electron chi connectivity index (χ3n) is 4.16. The molecule has 2 aromatic carbocycles. The van der Waals surface area contributed by atoms with Crippen molar-refractivity contribution in [1.82, 2.24) is 9.97 Å². The fourth-order valence-corrected chi connectivity index (χ4v) is 2.76. The quantitative estimate of drug-likeness (QED) is 0.558. The molecule has 0 unspecified atom stereocenters. The number of aryl methyl sites for hydroxylation is 1. The van der Waals surface area contributed by atoms with E-state index >= 15 is 0 Å². The highest BCUT2D eigenvalue weighted by atomic mass is 16.3. The lowest BCUT2D eigenvalue weighted by molar-refractivity contribution is -0.116. The predicted octanol–water partition coefficient (Wildman–Crippen LogP) is 4.17. The van der Waals surface area contributed by atoms with E-state index in [1.165, 1.54) is 0 Å². The van der Waals surface area contributed by atoms with Gasteiger partial charge in [0.2, 0.25) is 11.8 Å². The molecular weight excluding hydrogens is 342 g/mol. The molecule has 0 spiro atoms. The van der Waals surface area contributed by atoms with E-state index in [9.17, 15) is 9.90 Å². The van der Waals surface area contributed by atoms with Gasteiger partial charge in [-0.3, -0.25) is 9.78 Å². The monoisotopic (exact) mass is 359 g/mol. The Kier molecular flexibility index (Phi) is 4.53. The average molecular weight is 359 g/mol. The zero-order valence-corrected chi connectivity index (χ0v) is 14.4. The molecule has 0 aliphatic heterocycles. The third kappa shape index (κ3) is 3.95. The highest BCUT2D eigenvalue weighted by Gasteiger charge is 2.10. The lowest BCUT2D eigenvalue weighted by atomic mass is 10.1. The van der Waals surface area contributed by atoms with E-state index < -0.39 is 0 Å². The number of phenolic OH excluding ortho intramolecular Hbond substituents is 1. The first-order valence-electron chi connectivity index (χ1n) is 8.56. The van der Waals surface area contributed by atoms with Crippen LogP contribution in [0.4, 0.5) is 5.69 Å². The van der Waals surface area contributed by atoms with E-state index in [1.54, 1.807) is 42.7 Å². The van der Waals surface area contributed by atoms with Crippen LogP contribution in [0.25, 0.3) is 22.6 Å². The van der Waals surface area contributed by atoms with Crippen molar-refractivity contribution in [2.45, 2.75) is 12.8 Å². The number of anilines is 1. The van der Waals surface area contributed by atoms with Crippen molar-refractivity contribution < 1.29 is 14.3 Å². The molecule has 0 aliphatic carbocycles. The van der Waals surface area contributed by atoms with Gasteiger partial charge in [-0.25, -0.2) is 4.98 Å². The summed E-state index contributed by atoms with van der Waals surface area (Å²) < 4.78 is 5.74. The first-order chi connectivity index (χ1) is 13.2. The van der Waals surface area contributed by atoms with Crippen LogP contribution in [0.3, 0.4) is 0 Å². The lowest BCUT2D eigenvalue weighted by Gasteiger charge is -2.05. The van der Waals surface area contributed by atoms with Crippen LogP contribution < -0.4 is 5.32 Å². The number of hydrogen-bond acceptors (Lipinski definition) is 5. The Labute approximate surface area is 155 Å². The Morgan fingerprint density at radius 3 is 2.74 bits per heavy atom. The number of oxazole rings is 1. The lowest BCUT2D eigenvalue weighted by Crippen LogP contribution is -2.12. The van der Waals surface area contributed by atoms with Gasteiger partial charge in [0, 0.05) is 24.5 Å². The Morgan fingerprint density at radius 2 is 1.96 bits per heavy atom. The van der Waals surface area contributed by atoms with Crippen molar-refractivity contribution in [2.75, 3.05) is 5.32 Å². The maximum absolute atomic E-state index is 12.2. The fraction of sp³-hybridized carbons (Fsp3) is 0.0952. The molecular formula is C21H17N3O3. The van der Waals surface area contributed by atoms with Gasteiger partial charge in [0.05, 0.1) is 5.56 Å². The van der Waals surface area contributed by atoms with Crippen LogP contribution in [0, 0.1) is 0 Å². The predicted molar refractivity (Wildman–Crippen MR) is 102 cm³/mol. The number of hydrogen-bond donors (Lipinski definition) is 2. The number of carbonyl (C=O) groups excluding carboxylic acids is 1. The molecule has 0 aliphatic rings. The van der Waals surface area contributed by atoms with Crippen molar-refractivity contribution in [1.29, 1.82) is 0 Å². The van der Waals surface area contributed by atoms with Gasteiger partial charge in [0.25, 0.3) is 0 Å². The molecule has 6 heteroatoms. The number of aromatic hydroxyl groups is 1. The molecule has 0 saturated carbocycles. The van der Waals surface area contributed by atoms with Gasteiger partial charge in [-0.1, -0.05) is 12.1 Å². The smallest absolute Gasteiger partial charge is 0.228 e. The third-order valence-corrected chi connectivity index (χ3v) is 4.16. The first-order valence-corrected chi connectivity index (χ1v) is 8.56. The SMILES string of the molecule is O=C(CCc1ccc(O)cc1)Nc1ccc2oc(-c3cccnc3)nc2c1. The minimum Gasteiger partial charge on any atom is -0.508 e. The molecule has 0 atom stereocenters. The van der Waals surface area contributed by atoms with Crippen LogP contribution in [0.1, 0.15) is 12.0 Å². The number of phenols is 1. The maximum atomic E-state index is 12.2. The largest absolute Gasteiger partial charge is 0.508 e. The number of nitrogens with zero attached hydrogens (tertiary/aromatic N) is 2. The van der Waals surface area contributed by atoms with E-state index in [0.717, 1.165) is 11.1 Å². The summed E-state index contributed by atoms with van der Waals surface area (Å²) in [6, 6.07) is 15.9. The van der Waals surface area contributed by atoms with Gasteiger partial charge in [0.15, 0.2) is 5.58 Å². The Balaban J connectivity index is 1.44. The number of fused-ring (bicyclic) bond motifs is 1. The zero-order valence-electron chi connectivity index (χ0n) is 14.4. The molecule has 0 bridgehead atoms. The van der Waals surface area contributed by atoms with E-state index in [-0.39, 0.29) is 11.7 Å². The molecule has 4 aromatic rings. The fourth-order valence-electron chi connectivity index (χ4n) is 2.76. The molecule has 6 nitrogen and oxygen atoms in total. The number of aromatic nitrogens is 2. The zero-order chi connectivity index (χ0) is 18.6. The van der Waals surface area contributed by atoms with Crippen LogP contribution in [0.5, 0.6) is 5.75 Å². The highest BCUT2D eigenvalue weighted by molar-refractivity contribution is 5.93.